The molecule has 0 spiro atoms. The zero-order valence-electron chi connectivity index (χ0n) is 11.6. The van der Waals surface area contributed by atoms with Crippen LogP contribution < -0.4 is 5.73 Å². The van der Waals surface area contributed by atoms with Gasteiger partial charge in [0.15, 0.2) is 11.6 Å². The largest absolute Gasteiger partial charge is 0.381 e. The van der Waals surface area contributed by atoms with Gasteiger partial charge in [-0.25, -0.2) is 0 Å². The second-order valence-electron chi connectivity index (χ2n) is 5.66. The predicted molar refractivity (Wildman–Crippen MR) is 74.3 cm³/mol. The second kappa shape index (κ2) is 4.10. The molecule has 19 heavy (non-hydrogen) atoms. The number of benzene rings is 1. The Morgan fingerprint density at radius 1 is 1.32 bits per heavy atom. The molecule has 2 N–H and O–H groups in total. The summed E-state index contributed by atoms with van der Waals surface area (Å²) in [5.41, 5.74) is 8.08. The highest BCUT2D eigenvalue weighted by Gasteiger charge is 2.47. The lowest BCUT2D eigenvalue weighted by Gasteiger charge is -2.34. The van der Waals surface area contributed by atoms with E-state index in [2.05, 4.69) is 55.1 Å². The van der Waals surface area contributed by atoms with Crippen LogP contribution in [0.15, 0.2) is 34.9 Å². The summed E-state index contributed by atoms with van der Waals surface area (Å²) in [5.74, 6) is 1.42. The number of rotatable bonds is 2. The van der Waals surface area contributed by atoms with Crippen molar-refractivity contribution in [3.05, 3.63) is 47.2 Å². The molecule has 0 saturated heterocycles. The van der Waals surface area contributed by atoms with Crippen LogP contribution in [0.25, 0.3) is 0 Å². The average molecular weight is 257 g/mol. The van der Waals surface area contributed by atoms with E-state index in [0.29, 0.717) is 5.82 Å². The van der Waals surface area contributed by atoms with Gasteiger partial charge in [-0.3, -0.25) is 4.90 Å². The highest BCUT2D eigenvalue weighted by molar-refractivity contribution is 5.48. The molecule has 1 aromatic carbocycles. The molecule has 4 nitrogen and oxygen atoms in total. The molecule has 1 unspecified atom stereocenters. The molecule has 0 amide bonds. The van der Waals surface area contributed by atoms with Gasteiger partial charge in [0.25, 0.3) is 0 Å². The van der Waals surface area contributed by atoms with Crippen LogP contribution in [0.3, 0.4) is 0 Å². The summed E-state index contributed by atoms with van der Waals surface area (Å²) < 4.78 is 5.44. The Morgan fingerprint density at radius 2 is 2.00 bits per heavy atom. The van der Waals surface area contributed by atoms with E-state index in [9.17, 15) is 0 Å². The van der Waals surface area contributed by atoms with Crippen molar-refractivity contribution in [3.8, 4) is 0 Å². The van der Waals surface area contributed by atoms with Crippen molar-refractivity contribution < 1.29 is 4.52 Å². The molecule has 3 rings (SSSR count). The lowest BCUT2D eigenvalue weighted by Crippen LogP contribution is -2.36. The Bertz CT molecular complexity index is 589. The molecule has 2 aromatic rings. The Kier molecular flexibility index (Phi) is 2.64. The van der Waals surface area contributed by atoms with Crippen molar-refractivity contribution in [2.45, 2.75) is 38.9 Å². The zero-order valence-corrected chi connectivity index (χ0v) is 11.6. The summed E-state index contributed by atoms with van der Waals surface area (Å²) in [4.78, 5) is 2.40. The third kappa shape index (κ3) is 1.75. The van der Waals surface area contributed by atoms with Gasteiger partial charge in [0.05, 0.1) is 11.1 Å². The lowest BCUT2D eigenvalue weighted by atomic mass is 10.0. The summed E-state index contributed by atoms with van der Waals surface area (Å²) in [7, 11) is 0. The van der Waals surface area contributed by atoms with E-state index in [1.807, 2.05) is 6.07 Å². The number of hydrogen-bond acceptors (Lipinski definition) is 4. The van der Waals surface area contributed by atoms with Crippen LogP contribution in [0, 0.1) is 0 Å². The summed E-state index contributed by atoms with van der Waals surface area (Å²) in [6.45, 7) is 7.34. The lowest BCUT2D eigenvalue weighted by molar-refractivity contribution is 0.0730. The van der Waals surface area contributed by atoms with Crippen LogP contribution in [0.4, 0.5) is 5.82 Å². The van der Waals surface area contributed by atoms with Gasteiger partial charge in [0, 0.05) is 12.6 Å². The Labute approximate surface area is 113 Å². The molecule has 1 aliphatic heterocycles. The third-order valence-electron chi connectivity index (χ3n) is 4.11. The van der Waals surface area contributed by atoms with Gasteiger partial charge in [0.2, 0.25) is 0 Å². The van der Waals surface area contributed by atoms with E-state index in [0.717, 1.165) is 17.9 Å². The molecule has 4 heteroatoms. The van der Waals surface area contributed by atoms with E-state index in [4.69, 9.17) is 10.3 Å². The fourth-order valence-electron chi connectivity index (χ4n) is 3.04. The maximum Gasteiger partial charge on any atom is 0.171 e. The quantitative estimate of drug-likeness (QED) is 0.898. The van der Waals surface area contributed by atoms with Gasteiger partial charge in [-0.1, -0.05) is 35.5 Å². The molecule has 2 heterocycles. The van der Waals surface area contributed by atoms with Crippen LogP contribution >= 0.6 is 0 Å². The first-order valence-electron chi connectivity index (χ1n) is 6.58. The van der Waals surface area contributed by atoms with E-state index >= 15 is 0 Å². The summed E-state index contributed by atoms with van der Waals surface area (Å²) in [5, 5.41) is 3.90. The fraction of sp³-hybridized carbons (Fsp3) is 0.400. The second-order valence-corrected chi connectivity index (χ2v) is 5.66. The number of fused-ring (bicyclic) bond motifs is 1. The van der Waals surface area contributed by atoms with Gasteiger partial charge >= 0.3 is 0 Å². The zero-order chi connectivity index (χ0) is 13.6. The van der Waals surface area contributed by atoms with Crippen LogP contribution in [0.1, 0.15) is 43.7 Å². The van der Waals surface area contributed by atoms with Crippen LogP contribution in [-0.2, 0) is 12.1 Å². The molecule has 0 radical (unpaired) electrons. The number of hydrogen-bond donors (Lipinski definition) is 1. The topological polar surface area (TPSA) is 55.3 Å². The molecule has 0 saturated carbocycles. The van der Waals surface area contributed by atoms with E-state index in [1.54, 1.807) is 0 Å². The average Bonchev–Trinajstić information content (AvgIpc) is 2.86. The van der Waals surface area contributed by atoms with E-state index < -0.39 is 0 Å². The van der Waals surface area contributed by atoms with Gasteiger partial charge < -0.3 is 10.3 Å². The Balaban J connectivity index is 1.96. The summed E-state index contributed by atoms with van der Waals surface area (Å²) in [6.07, 6.45) is 0. The normalized spacial score (nSPS) is 21.5. The first-order valence-corrected chi connectivity index (χ1v) is 6.58. The van der Waals surface area contributed by atoms with E-state index in [1.165, 1.54) is 5.56 Å². The molecular formula is C15H19N3O. The Morgan fingerprint density at radius 3 is 2.63 bits per heavy atom. The first kappa shape index (κ1) is 12.2. The monoisotopic (exact) mass is 257 g/mol. The molecule has 1 atom stereocenters. The molecular weight excluding hydrogens is 238 g/mol. The fourth-order valence-corrected chi connectivity index (χ4v) is 3.04. The minimum absolute atomic E-state index is 0.185. The van der Waals surface area contributed by atoms with Gasteiger partial charge in [-0.15, -0.1) is 0 Å². The van der Waals surface area contributed by atoms with Crippen molar-refractivity contribution in [1.29, 1.82) is 0 Å². The van der Waals surface area contributed by atoms with E-state index in [-0.39, 0.29) is 11.6 Å². The highest BCUT2D eigenvalue weighted by atomic mass is 16.5. The minimum Gasteiger partial charge on any atom is -0.381 e. The number of anilines is 1. The maximum atomic E-state index is 5.93. The number of nitrogens with zero attached hydrogens (tertiary/aromatic N) is 2. The van der Waals surface area contributed by atoms with Crippen molar-refractivity contribution >= 4 is 5.82 Å². The third-order valence-corrected chi connectivity index (χ3v) is 4.11. The SMILES string of the molecule is CC1c2c(N)noc2C(C)(C)N1Cc1ccccc1. The predicted octanol–water partition coefficient (Wildman–Crippen LogP) is 3.07. The van der Waals surface area contributed by atoms with Crippen molar-refractivity contribution in [3.63, 3.8) is 0 Å². The molecule has 0 fully saturated rings. The molecule has 1 aromatic heterocycles. The van der Waals surface area contributed by atoms with Crippen molar-refractivity contribution in [1.82, 2.24) is 10.1 Å². The first-order chi connectivity index (χ1) is 9.01. The Hall–Kier alpha value is -1.81. The summed E-state index contributed by atoms with van der Waals surface area (Å²) in [6, 6.07) is 10.7. The van der Waals surface area contributed by atoms with Crippen molar-refractivity contribution in [2.75, 3.05) is 5.73 Å². The van der Waals surface area contributed by atoms with Crippen LogP contribution in [-0.4, -0.2) is 10.1 Å². The minimum atomic E-state index is -0.185. The van der Waals surface area contributed by atoms with Gasteiger partial charge in [0.1, 0.15) is 0 Å². The van der Waals surface area contributed by atoms with Crippen LogP contribution in [0.5, 0.6) is 0 Å². The van der Waals surface area contributed by atoms with Crippen LogP contribution in [0.2, 0.25) is 0 Å². The number of nitrogen functional groups attached to an aromatic ring is 1. The van der Waals surface area contributed by atoms with Gasteiger partial charge in [-0.05, 0) is 26.3 Å². The smallest absolute Gasteiger partial charge is 0.171 e. The molecule has 1 aliphatic rings. The number of nitrogens with two attached hydrogens (primary N) is 1. The summed E-state index contributed by atoms with van der Waals surface area (Å²) >= 11 is 0. The van der Waals surface area contributed by atoms with Crippen molar-refractivity contribution in [2.24, 2.45) is 0 Å². The molecule has 0 aliphatic carbocycles. The molecule has 0 bridgehead atoms. The standard InChI is InChI=1S/C15H19N3O/c1-10-12-13(19-17-14(12)16)15(2,3)18(10)9-11-7-5-4-6-8-11/h4-8,10H,9H2,1-3H3,(H2,16,17). The van der Waals surface area contributed by atoms with Gasteiger partial charge in [-0.2, -0.15) is 0 Å². The maximum absolute atomic E-state index is 5.93. The highest BCUT2D eigenvalue weighted by Crippen LogP contribution is 2.48. The molecule has 100 valence electrons. The number of aromatic nitrogens is 1.